The average molecular weight is 160 g/mol. The van der Waals surface area contributed by atoms with Gasteiger partial charge in [0.2, 0.25) is 0 Å². The number of rotatable bonds is 4. The second kappa shape index (κ2) is 12.2. The van der Waals surface area contributed by atoms with Gasteiger partial charge in [-0.2, -0.15) is 0 Å². The van der Waals surface area contributed by atoms with Crippen LogP contribution in [-0.4, -0.2) is 24.3 Å². The van der Waals surface area contributed by atoms with E-state index in [2.05, 4.69) is 5.32 Å². The first-order valence-electron chi connectivity index (χ1n) is 4.04. The zero-order valence-corrected chi connectivity index (χ0v) is 7.67. The molecule has 0 aliphatic heterocycles. The van der Waals surface area contributed by atoms with Crippen LogP contribution in [0.2, 0.25) is 0 Å². The number of nitrogens with two attached hydrogens (primary N) is 1. The Balaban J connectivity index is 0. The molecule has 0 amide bonds. The van der Waals surface area contributed by atoms with Gasteiger partial charge in [-0.3, -0.25) is 0 Å². The van der Waals surface area contributed by atoms with Gasteiger partial charge in [0.1, 0.15) is 0 Å². The second-order valence-electron chi connectivity index (χ2n) is 1.90. The summed E-state index contributed by atoms with van der Waals surface area (Å²) in [6, 6.07) is 0.0798. The molecule has 0 aromatic rings. The molecule has 0 spiro atoms. The second-order valence-corrected chi connectivity index (χ2v) is 1.90. The first-order valence-corrected chi connectivity index (χ1v) is 4.04. The Labute approximate surface area is 69.3 Å². The van der Waals surface area contributed by atoms with Crippen molar-refractivity contribution in [3.63, 3.8) is 0 Å². The van der Waals surface area contributed by atoms with Crippen molar-refractivity contribution in [3.8, 4) is 0 Å². The lowest BCUT2D eigenvalue weighted by Gasteiger charge is -1.96. The largest absolute Gasteiger partial charge is 0.395 e. The first kappa shape index (κ1) is 13.1. The fourth-order valence-electron chi connectivity index (χ4n) is 0.368. The Morgan fingerprint density at radius 1 is 1.55 bits per heavy atom. The summed E-state index contributed by atoms with van der Waals surface area (Å²) in [5, 5.41) is 11.2. The Morgan fingerprint density at radius 2 is 2.09 bits per heavy atom. The Morgan fingerprint density at radius 3 is 2.45 bits per heavy atom. The molecule has 68 valence electrons. The molecular weight excluding hydrogens is 140 g/mol. The van der Waals surface area contributed by atoms with E-state index in [4.69, 9.17) is 10.8 Å². The molecule has 0 rings (SSSR count). The van der Waals surface area contributed by atoms with E-state index in [9.17, 15) is 0 Å². The maximum Gasteiger partial charge on any atom is 0.0603 e. The van der Waals surface area contributed by atoms with Crippen molar-refractivity contribution in [1.29, 1.82) is 0 Å². The third-order valence-electron chi connectivity index (χ3n) is 0.774. The summed E-state index contributed by atoms with van der Waals surface area (Å²) in [5.74, 6) is 0. The summed E-state index contributed by atoms with van der Waals surface area (Å²) in [7, 11) is 0. The van der Waals surface area contributed by atoms with E-state index < -0.39 is 0 Å². The van der Waals surface area contributed by atoms with Crippen LogP contribution < -0.4 is 11.1 Å². The van der Waals surface area contributed by atoms with E-state index in [-0.39, 0.29) is 12.6 Å². The fourth-order valence-corrected chi connectivity index (χ4v) is 0.368. The van der Waals surface area contributed by atoms with Gasteiger partial charge >= 0.3 is 0 Å². The highest BCUT2D eigenvalue weighted by Gasteiger charge is 1.80. The van der Waals surface area contributed by atoms with Gasteiger partial charge in [0, 0.05) is 12.6 Å². The molecule has 1 atom stereocenters. The molecule has 0 aliphatic carbocycles. The zero-order valence-electron chi connectivity index (χ0n) is 7.67. The van der Waals surface area contributed by atoms with Crippen molar-refractivity contribution >= 4 is 0 Å². The highest BCUT2D eigenvalue weighted by Crippen LogP contribution is 1.74. The van der Waals surface area contributed by atoms with Gasteiger partial charge in [0.15, 0.2) is 0 Å². The van der Waals surface area contributed by atoms with E-state index in [1.54, 1.807) is 6.20 Å². The summed E-state index contributed by atoms with van der Waals surface area (Å²) in [6.45, 7) is 6.63. The molecule has 0 fully saturated rings. The quantitative estimate of drug-likeness (QED) is 0.523. The third kappa shape index (κ3) is 17.7. The van der Waals surface area contributed by atoms with Crippen molar-refractivity contribution < 1.29 is 5.11 Å². The monoisotopic (exact) mass is 160 g/mol. The number of nitrogens with one attached hydrogen (secondary N) is 1. The molecule has 0 saturated carbocycles. The highest BCUT2D eigenvalue weighted by atomic mass is 16.3. The van der Waals surface area contributed by atoms with Gasteiger partial charge in [-0.1, -0.05) is 19.9 Å². The van der Waals surface area contributed by atoms with Crippen molar-refractivity contribution in [3.05, 3.63) is 12.3 Å². The van der Waals surface area contributed by atoms with Crippen molar-refractivity contribution in [1.82, 2.24) is 5.32 Å². The smallest absolute Gasteiger partial charge is 0.0603 e. The molecule has 0 radical (unpaired) electrons. The van der Waals surface area contributed by atoms with Gasteiger partial charge in [0.25, 0.3) is 0 Å². The highest BCUT2D eigenvalue weighted by molar-refractivity contribution is 4.86. The van der Waals surface area contributed by atoms with E-state index in [1.165, 1.54) is 0 Å². The van der Waals surface area contributed by atoms with Gasteiger partial charge in [0.05, 0.1) is 6.61 Å². The van der Waals surface area contributed by atoms with Crippen LogP contribution in [0.15, 0.2) is 12.3 Å². The van der Waals surface area contributed by atoms with E-state index in [0.29, 0.717) is 6.54 Å². The summed E-state index contributed by atoms with van der Waals surface area (Å²) in [6.07, 6.45) is 3.58. The average Bonchev–Trinajstić information content (AvgIpc) is 2.02. The standard InChI is InChI=1S/C6H14N2O.C2H6/c1-6(7)2-3-8-4-5-9;1-2/h2-3,6,8-9H,4-5,7H2,1H3;1-2H3/b3-2-;. The van der Waals surface area contributed by atoms with Gasteiger partial charge in [-0.15, -0.1) is 0 Å². The van der Waals surface area contributed by atoms with Crippen molar-refractivity contribution in [2.45, 2.75) is 26.8 Å². The Hall–Kier alpha value is -0.540. The molecule has 3 nitrogen and oxygen atoms in total. The summed E-state index contributed by atoms with van der Waals surface area (Å²) in [4.78, 5) is 0. The molecule has 0 bridgehead atoms. The topological polar surface area (TPSA) is 58.3 Å². The van der Waals surface area contributed by atoms with Crippen LogP contribution in [0.5, 0.6) is 0 Å². The van der Waals surface area contributed by atoms with Crippen LogP contribution in [0.3, 0.4) is 0 Å². The fraction of sp³-hybridized carbons (Fsp3) is 0.750. The summed E-state index contributed by atoms with van der Waals surface area (Å²) >= 11 is 0. The van der Waals surface area contributed by atoms with Gasteiger partial charge in [-0.05, 0) is 13.1 Å². The molecule has 0 saturated heterocycles. The van der Waals surface area contributed by atoms with Crippen molar-refractivity contribution in [2.75, 3.05) is 13.2 Å². The normalized spacial score (nSPS) is 12.1. The number of hydrogen-bond acceptors (Lipinski definition) is 3. The molecule has 0 aliphatic rings. The first-order chi connectivity index (χ1) is 5.27. The van der Waals surface area contributed by atoms with Crippen LogP contribution in [0.25, 0.3) is 0 Å². The molecule has 0 heterocycles. The van der Waals surface area contributed by atoms with E-state index in [0.717, 1.165) is 0 Å². The Kier molecular flexibility index (Phi) is 14.5. The van der Waals surface area contributed by atoms with Crippen LogP contribution in [0, 0.1) is 0 Å². The number of aliphatic hydroxyl groups excluding tert-OH is 1. The number of aliphatic hydroxyl groups is 1. The maximum atomic E-state index is 8.30. The van der Waals surface area contributed by atoms with Crippen molar-refractivity contribution in [2.24, 2.45) is 5.73 Å². The molecule has 1 unspecified atom stereocenters. The molecule has 4 N–H and O–H groups in total. The maximum absolute atomic E-state index is 8.30. The Bertz CT molecular complexity index is 82.2. The van der Waals surface area contributed by atoms with Gasteiger partial charge < -0.3 is 16.2 Å². The lowest BCUT2D eigenvalue weighted by Crippen LogP contribution is -2.15. The van der Waals surface area contributed by atoms with Gasteiger partial charge in [-0.25, -0.2) is 0 Å². The minimum absolute atomic E-state index is 0.0798. The van der Waals surface area contributed by atoms with Crippen LogP contribution in [0.4, 0.5) is 0 Å². The summed E-state index contributed by atoms with van der Waals surface area (Å²) in [5.41, 5.74) is 5.39. The molecule has 0 aromatic carbocycles. The molecule has 3 heteroatoms. The van der Waals surface area contributed by atoms with E-state index >= 15 is 0 Å². The third-order valence-corrected chi connectivity index (χ3v) is 0.774. The van der Waals surface area contributed by atoms with Crippen LogP contribution in [0.1, 0.15) is 20.8 Å². The van der Waals surface area contributed by atoms with Crippen LogP contribution in [-0.2, 0) is 0 Å². The molecule has 11 heavy (non-hydrogen) atoms. The molecular formula is C8H20N2O. The predicted octanol–water partition coefficient (Wildman–Crippen LogP) is 0.455. The summed E-state index contributed by atoms with van der Waals surface area (Å²) < 4.78 is 0. The zero-order chi connectivity index (χ0) is 9.11. The minimum atomic E-state index is 0.0798. The lowest BCUT2D eigenvalue weighted by atomic mass is 10.4. The minimum Gasteiger partial charge on any atom is -0.395 e. The lowest BCUT2D eigenvalue weighted by molar-refractivity contribution is 0.298. The van der Waals surface area contributed by atoms with Crippen LogP contribution >= 0.6 is 0 Å². The number of hydrogen-bond donors (Lipinski definition) is 3. The predicted molar refractivity (Wildman–Crippen MR) is 49.2 cm³/mol. The SMILES string of the molecule is CC.CC(N)/C=C\NCCO. The van der Waals surface area contributed by atoms with E-state index in [1.807, 2.05) is 26.8 Å². The molecule has 0 aromatic heterocycles.